The summed E-state index contributed by atoms with van der Waals surface area (Å²) in [6.07, 6.45) is 7.28. The quantitative estimate of drug-likeness (QED) is 0.148. The van der Waals surface area contributed by atoms with Crippen molar-refractivity contribution in [2.45, 2.75) is 44.6 Å². The molecule has 1 rings (SSSR count). The fourth-order valence-corrected chi connectivity index (χ4v) is 1.78. The summed E-state index contributed by atoms with van der Waals surface area (Å²) >= 11 is 0. The summed E-state index contributed by atoms with van der Waals surface area (Å²) in [5.41, 5.74) is 10.4. The maximum Gasteiger partial charge on any atom is 0.291 e. The largest absolute Gasteiger partial charge is 0.370 e. The van der Waals surface area contributed by atoms with Gasteiger partial charge in [0.15, 0.2) is 5.96 Å². The Hall–Kier alpha value is -2.06. The third-order valence-electron chi connectivity index (χ3n) is 2.44. The van der Waals surface area contributed by atoms with E-state index in [0.29, 0.717) is 6.04 Å². The lowest BCUT2D eigenvalue weighted by molar-refractivity contribution is -0.742. The Morgan fingerprint density at radius 3 is 2.17 bits per heavy atom. The van der Waals surface area contributed by atoms with Gasteiger partial charge in [0.25, 0.3) is 5.09 Å². The Bertz CT molecular complexity index is 291. The van der Waals surface area contributed by atoms with E-state index in [-0.39, 0.29) is 11.9 Å². The molecule has 1 aliphatic rings. The Labute approximate surface area is 105 Å². The van der Waals surface area contributed by atoms with E-state index < -0.39 is 5.09 Å². The minimum Gasteiger partial charge on any atom is -0.370 e. The highest BCUT2D eigenvalue weighted by Crippen LogP contribution is 2.16. The second kappa shape index (κ2) is 9.02. The molecule has 0 aliphatic heterocycles. The molecule has 0 saturated heterocycles. The van der Waals surface area contributed by atoms with Gasteiger partial charge in [-0.15, -0.1) is 10.1 Å². The van der Waals surface area contributed by atoms with Gasteiger partial charge < -0.3 is 22.0 Å². The fraction of sp³-hybridized carbons (Fsp3) is 0.778. The lowest BCUT2D eigenvalue weighted by Crippen LogP contribution is -2.35. The van der Waals surface area contributed by atoms with Gasteiger partial charge in [-0.3, -0.25) is 5.41 Å². The molecule has 1 fully saturated rings. The molecular weight excluding hydrogens is 240 g/mol. The number of nitrogens with zero attached hydrogens (tertiary/aromatic N) is 2. The zero-order chi connectivity index (χ0) is 14.0. The molecular formula is C9H20N6O3. The molecule has 0 unspecified atom stereocenters. The van der Waals surface area contributed by atoms with Crippen molar-refractivity contribution < 1.29 is 10.3 Å². The number of rotatable bonds is 1. The zero-order valence-corrected chi connectivity index (χ0v) is 10.1. The molecule has 0 amide bonds. The minimum atomic E-state index is -1.50. The van der Waals surface area contributed by atoms with E-state index in [9.17, 15) is 0 Å². The summed E-state index contributed by atoms with van der Waals surface area (Å²) in [5, 5.41) is 24.1. The number of nitrogens with two attached hydrogens (primary N) is 2. The summed E-state index contributed by atoms with van der Waals surface area (Å²) in [6, 6.07) is 0.369. The molecule has 18 heavy (non-hydrogen) atoms. The molecule has 0 bridgehead atoms. The average molecular weight is 260 g/mol. The monoisotopic (exact) mass is 260 g/mol. The predicted molar refractivity (Wildman–Crippen MR) is 66.9 cm³/mol. The highest BCUT2D eigenvalue weighted by Gasteiger charge is 2.12. The number of aliphatic imine (C=N–C) groups is 1. The van der Waals surface area contributed by atoms with Crippen LogP contribution in [0, 0.1) is 15.5 Å². The summed E-state index contributed by atoms with van der Waals surface area (Å²) < 4.78 is 0. The number of guanidine groups is 2. The van der Waals surface area contributed by atoms with Crippen LogP contribution in [-0.4, -0.2) is 28.3 Å². The molecule has 0 aromatic heterocycles. The molecule has 9 nitrogen and oxygen atoms in total. The highest BCUT2D eigenvalue weighted by molar-refractivity contribution is 5.91. The zero-order valence-electron chi connectivity index (χ0n) is 10.1. The molecule has 0 heterocycles. The molecule has 7 N–H and O–H groups in total. The number of nitrogens with one attached hydrogen (secondary N) is 2. The first-order valence-electron chi connectivity index (χ1n) is 5.69. The first kappa shape index (κ1) is 15.9. The first-order chi connectivity index (χ1) is 8.41. The molecule has 0 aromatic rings. The van der Waals surface area contributed by atoms with Gasteiger partial charge in [0.05, 0.1) is 0 Å². The molecule has 0 radical (unpaired) electrons. The summed E-state index contributed by atoms with van der Waals surface area (Å²) in [6.45, 7) is 0. The van der Waals surface area contributed by atoms with Crippen molar-refractivity contribution in [2.75, 3.05) is 0 Å². The fourth-order valence-electron chi connectivity index (χ4n) is 1.78. The molecule has 104 valence electrons. The van der Waals surface area contributed by atoms with Gasteiger partial charge in [-0.2, -0.15) is 4.99 Å². The minimum absolute atomic E-state index is 0.0591. The SMILES string of the molecule is N=C(N=C(N)N)NC1CCCCCC1.O=[N+]([O-])O. The molecule has 1 saturated carbocycles. The van der Waals surface area contributed by atoms with Crippen molar-refractivity contribution >= 4 is 11.9 Å². The van der Waals surface area contributed by atoms with Crippen LogP contribution in [0.2, 0.25) is 0 Å². The van der Waals surface area contributed by atoms with Gasteiger partial charge in [0, 0.05) is 6.04 Å². The predicted octanol–water partition coefficient (Wildman–Crippen LogP) is 0.159. The molecule has 0 aromatic carbocycles. The van der Waals surface area contributed by atoms with Crippen LogP contribution >= 0.6 is 0 Å². The van der Waals surface area contributed by atoms with Crippen molar-refractivity contribution in [1.82, 2.24) is 5.32 Å². The average Bonchev–Trinajstić information content (AvgIpc) is 2.43. The summed E-state index contributed by atoms with van der Waals surface area (Å²) in [4.78, 5) is 12.0. The van der Waals surface area contributed by atoms with Gasteiger partial charge in [0.2, 0.25) is 5.96 Å². The Kier molecular flexibility index (Phi) is 7.99. The van der Waals surface area contributed by atoms with Crippen molar-refractivity contribution in [3.8, 4) is 0 Å². The van der Waals surface area contributed by atoms with Crippen LogP contribution in [0.25, 0.3) is 0 Å². The van der Waals surface area contributed by atoms with E-state index in [1.807, 2.05) is 0 Å². The van der Waals surface area contributed by atoms with Gasteiger partial charge in [0.1, 0.15) is 0 Å². The van der Waals surface area contributed by atoms with E-state index in [4.69, 9.17) is 32.2 Å². The van der Waals surface area contributed by atoms with Crippen molar-refractivity contribution in [3.63, 3.8) is 0 Å². The highest BCUT2D eigenvalue weighted by atomic mass is 16.9. The van der Waals surface area contributed by atoms with Crippen LogP contribution in [0.15, 0.2) is 4.99 Å². The van der Waals surface area contributed by atoms with E-state index in [1.165, 1.54) is 25.7 Å². The molecule has 0 spiro atoms. The van der Waals surface area contributed by atoms with Gasteiger partial charge in [-0.1, -0.05) is 25.7 Å². The second-order valence-electron chi connectivity index (χ2n) is 3.96. The number of hydrogen-bond donors (Lipinski definition) is 5. The summed E-state index contributed by atoms with van der Waals surface area (Å²) in [7, 11) is 0. The topological polar surface area (TPSA) is 164 Å². The van der Waals surface area contributed by atoms with E-state index in [1.54, 1.807) is 0 Å². The Balaban J connectivity index is 0.000000631. The van der Waals surface area contributed by atoms with E-state index in [0.717, 1.165) is 12.8 Å². The lowest BCUT2D eigenvalue weighted by Gasteiger charge is -2.15. The van der Waals surface area contributed by atoms with Crippen molar-refractivity contribution in [2.24, 2.45) is 16.5 Å². The van der Waals surface area contributed by atoms with E-state index in [2.05, 4.69) is 10.3 Å². The molecule has 9 heteroatoms. The van der Waals surface area contributed by atoms with E-state index >= 15 is 0 Å². The Morgan fingerprint density at radius 1 is 1.33 bits per heavy atom. The van der Waals surface area contributed by atoms with Crippen LogP contribution in [-0.2, 0) is 0 Å². The second-order valence-corrected chi connectivity index (χ2v) is 3.96. The maximum atomic E-state index is 8.36. The van der Waals surface area contributed by atoms with Gasteiger partial charge in [-0.25, -0.2) is 0 Å². The third kappa shape index (κ3) is 10.5. The lowest BCUT2D eigenvalue weighted by atomic mass is 10.1. The van der Waals surface area contributed by atoms with Gasteiger partial charge >= 0.3 is 0 Å². The Morgan fingerprint density at radius 2 is 1.78 bits per heavy atom. The van der Waals surface area contributed by atoms with Crippen LogP contribution in [0.3, 0.4) is 0 Å². The smallest absolute Gasteiger partial charge is 0.291 e. The summed E-state index contributed by atoms with van der Waals surface area (Å²) in [5.74, 6) is 0.0213. The normalized spacial score (nSPS) is 15.6. The molecule has 1 aliphatic carbocycles. The van der Waals surface area contributed by atoms with Crippen molar-refractivity contribution in [3.05, 3.63) is 10.1 Å². The molecule has 0 atom stereocenters. The van der Waals surface area contributed by atoms with Crippen LogP contribution in [0.5, 0.6) is 0 Å². The number of hydrogen-bond acceptors (Lipinski definition) is 3. The van der Waals surface area contributed by atoms with Gasteiger partial charge in [-0.05, 0) is 12.8 Å². The van der Waals surface area contributed by atoms with Crippen molar-refractivity contribution in [1.29, 1.82) is 5.41 Å². The first-order valence-corrected chi connectivity index (χ1v) is 5.69. The van der Waals surface area contributed by atoms with Crippen LogP contribution in [0.1, 0.15) is 38.5 Å². The van der Waals surface area contributed by atoms with Crippen LogP contribution in [0.4, 0.5) is 0 Å². The standard InChI is InChI=1S/C9H19N5.HNO3/c10-8(11)14-9(12)13-7-5-3-1-2-4-6-7;2-1(3)4/h7H,1-6H2,(H6,10,11,12,13,14);(H,2,3,4). The maximum absolute atomic E-state index is 8.36. The third-order valence-corrected chi connectivity index (χ3v) is 2.44. The van der Waals surface area contributed by atoms with Crippen LogP contribution < -0.4 is 16.8 Å².